The van der Waals surface area contributed by atoms with Crippen molar-refractivity contribution in [1.29, 1.82) is 0 Å². The van der Waals surface area contributed by atoms with Gasteiger partial charge in [0, 0.05) is 19.6 Å². The maximum atomic E-state index is 11.9. The molecule has 0 spiro atoms. The van der Waals surface area contributed by atoms with E-state index in [-0.39, 0.29) is 6.09 Å². The molecule has 4 rings (SSSR count). The zero-order valence-corrected chi connectivity index (χ0v) is 15.4. The number of carbonyl (C=O) groups excluding carboxylic acids is 1. The summed E-state index contributed by atoms with van der Waals surface area (Å²) in [6.45, 7) is 6.60. The third kappa shape index (κ3) is 3.61. The van der Waals surface area contributed by atoms with Crippen LogP contribution in [0.1, 0.15) is 23.6 Å². The number of ether oxygens (including phenoxy) is 1. The van der Waals surface area contributed by atoms with Crippen molar-refractivity contribution in [1.82, 2.24) is 4.90 Å². The van der Waals surface area contributed by atoms with Gasteiger partial charge in [-0.05, 0) is 41.5 Å². The maximum Gasteiger partial charge on any atom is 0.414 e. The van der Waals surface area contributed by atoms with Gasteiger partial charge in [0.1, 0.15) is 6.61 Å². The van der Waals surface area contributed by atoms with Crippen LogP contribution in [0.3, 0.4) is 0 Å². The molecule has 1 amide bonds. The molecular weight excluding hydrogens is 324 g/mol. The molecule has 26 heavy (non-hydrogen) atoms. The fraction of sp³-hybridized carbons (Fsp3) is 0.409. The van der Waals surface area contributed by atoms with Gasteiger partial charge in [0.25, 0.3) is 0 Å². The van der Waals surface area contributed by atoms with Crippen LogP contribution in [0.5, 0.6) is 0 Å². The van der Waals surface area contributed by atoms with E-state index in [1.807, 2.05) is 0 Å². The molecule has 136 valence electrons. The van der Waals surface area contributed by atoms with Gasteiger partial charge >= 0.3 is 6.09 Å². The van der Waals surface area contributed by atoms with Crippen molar-refractivity contribution in [2.24, 2.45) is 5.92 Å². The molecule has 0 saturated carbocycles. The number of nitrogens with zero attached hydrogens (tertiary/aromatic N) is 2. The number of anilines is 1. The highest BCUT2D eigenvalue weighted by Gasteiger charge is 2.28. The van der Waals surface area contributed by atoms with Crippen LogP contribution in [0.4, 0.5) is 10.5 Å². The summed E-state index contributed by atoms with van der Waals surface area (Å²) in [7, 11) is 0. The molecule has 4 nitrogen and oxygen atoms in total. The summed E-state index contributed by atoms with van der Waals surface area (Å²) in [5.74, 6) is 0.621. The summed E-state index contributed by atoms with van der Waals surface area (Å²) >= 11 is 0. The molecule has 1 unspecified atom stereocenters. The molecule has 0 bridgehead atoms. The van der Waals surface area contributed by atoms with Crippen LogP contribution in [-0.2, 0) is 24.1 Å². The van der Waals surface area contributed by atoms with Gasteiger partial charge in [-0.1, -0.05) is 49.4 Å². The summed E-state index contributed by atoms with van der Waals surface area (Å²) in [5, 5.41) is 0. The largest absolute Gasteiger partial charge is 0.447 e. The van der Waals surface area contributed by atoms with Gasteiger partial charge in [0.2, 0.25) is 0 Å². The highest BCUT2D eigenvalue weighted by molar-refractivity contribution is 5.90. The van der Waals surface area contributed by atoms with Gasteiger partial charge in [-0.2, -0.15) is 0 Å². The lowest BCUT2D eigenvalue weighted by Gasteiger charge is -2.33. The summed E-state index contributed by atoms with van der Waals surface area (Å²) < 4.78 is 5.12. The Morgan fingerprint density at radius 3 is 2.69 bits per heavy atom. The van der Waals surface area contributed by atoms with Gasteiger partial charge in [-0.15, -0.1) is 0 Å². The number of carbonyl (C=O) groups is 1. The minimum atomic E-state index is -0.211. The van der Waals surface area contributed by atoms with Crippen LogP contribution < -0.4 is 4.90 Å². The molecule has 2 aliphatic rings. The number of hydrogen-bond acceptors (Lipinski definition) is 3. The first-order valence-corrected chi connectivity index (χ1v) is 9.52. The van der Waals surface area contributed by atoms with Crippen molar-refractivity contribution in [3.05, 3.63) is 65.2 Å². The van der Waals surface area contributed by atoms with Gasteiger partial charge in [-0.25, -0.2) is 4.79 Å². The van der Waals surface area contributed by atoms with E-state index in [2.05, 4.69) is 60.4 Å². The molecule has 0 aliphatic carbocycles. The van der Waals surface area contributed by atoms with E-state index in [9.17, 15) is 4.79 Å². The molecule has 0 aromatic heterocycles. The second-order valence-electron chi connectivity index (χ2n) is 7.46. The standard InChI is InChI=1S/C22H26N2O2/c1-17(14-18-6-3-2-4-7-18)15-23-11-10-20-19(16-23)8-5-9-21(20)24-12-13-26-22(24)25/h2-9,17H,10-16H2,1H3. The van der Waals surface area contributed by atoms with E-state index in [0.717, 1.165) is 38.2 Å². The third-order valence-electron chi connectivity index (χ3n) is 5.37. The SMILES string of the molecule is CC(Cc1ccccc1)CN1CCc2c(cccc2N2CCOC2=O)C1. The van der Waals surface area contributed by atoms with Crippen molar-refractivity contribution in [3.63, 3.8) is 0 Å². The van der Waals surface area contributed by atoms with Crippen LogP contribution in [-0.4, -0.2) is 37.2 Å². The molecule has 2 aromatic carbocycles. The first kappa shape index (κ1) is 17.1. The summed E-state index contributed by atoms with van der Waals surface area (Å²) in [6.07, 6.45) is 1.90. The molecule has 0 N–H and O–H groups in total. The molecule has 0 radical (unpaired) electrons. The van der Waals surface area contributed by atoms with Crippen molar-refractivity contribution in [2.75, 3.05) is 31.1 Å². The monoisotopic (exact) mass is 350 g/mol. The number of cyclic esters (lactones) is 1. The quantitative estimate of drug-likeness (QED) is 0.820. The van der Waals surface area contributed by atoms with Crippen LogP contribution >= 0.6 is 0 Å². The first-order chi connectivity index (χ1) is 12.7. The fourth-order valence-corrected chi connectivity index (χ4v) is 4.19. The topological polar surface area (TPSA) is 32.8 Å². The number of benzene rings is 2. The number of amides is 1. The van der Waals surface area contributed by atoms with Crippen LogP contribution in [0.2, 0.25) is 0 Å². The average molecular weight is 350 g/mol. The van der Waals surface area contributed by atoms with E-state index in [0.29, 0.717) is 19.1 Å². The lowest BCUT2D eigenvalue weighted by Crippen LogP contribution is -2.35. The molecule has 4 heteroatoms. The van der Waals surface area contributed by atoms with Crippen LogP contribution in [0, 0.1) is 5.92 Å². The Morgan fingerprint density at radius 2 is 1.92 bits per heavy atom. The third-order valence-corrected chi connectivity index (χ3v) is 5.37. The van der Waals surface area contributed by atoms with E-state index in [1.54, 1.807) is 4.90 Å². The van der Waals surface area contributed by atoms with Crippen molar-refractivity contribution < 1.29 is 9.53 Å². The van der Waals surface area contributed by atoms with E-state index >= 15 is 0 Å². The highest BCUT2D eigenvalue weighted by Crippen LogP contribution is 2.31. The van der Waals surface area contributed by atoms with Crippen molar-refractivity contribution >= 4 is 11.8 Å². The summed E-state index contributed by atoms with van der Waals surface area (Å²) in [5.41, 5.74) is 5.12. The lowest BCUT2D eigenvalue weighted by atomic mass is 9.95. The molecule has 1 atom stereocenters. The minimum Gasteiger partial charge on any atom is -0.447 e. The molecular formula is C22H26N2O2. The number of hydrogen-bond donors (Lipinski definition) is 0. The van der Waals surface area contributed by atoms with Gasteiger partial charge in [-0.3, -0.25) is 9.80 Å². The average Bonchev–Trinajstić information content (AvgIpc) is 3.07. The van der Waals surface area contributed by atoms with Gasteiger partial charge < -0.3 is 4.74 Å². The Labute approximate surface area is 155 Å². The summed E-state index contributed by atoms with van der Waals surface area (Å²) in [4.78, 5) is 16.3. The molecule has 1 saturated heterocycles. The zero-order valence-electron chi connectivity index (χ0n) is 15.4. The number of fused-ring (bicyclic) bond motifs is 1. The Hall–Kier alpha value is -2.33. The van der Waals surface area contributed by atoms with E-state index in [4.69, 9.17) is 4.74 Å². The Morgan fingerprint density at radius 1 is 1.08 bits per heavy atom. The van der Waals surface area contributed by atoms with Gasteiger partial charge in [0.05, 0.1) is 12.2 Å². The minimum absolute atomic E-state index is 0.211. The second-order valence-corrected chi connectivity index (χ2v) is 7.46. The number of rotatable bonds is 5. The molecule has 2 aliphatic heterocycles. The molecule has 2 aromatic rings. The zero-order chi connectivity index (χ0) is 17.9. The second kappa shape index (κ2) is 7.50. The van der Waals surface area contributed by atoms with Crippen molar-refractivity contribution in [2.45, 2.75) is 26.3 Å². The predicted molar refractivity (Wildman–Crippen MR) is 103 cm³/mol. The summed E-state index contributed by atoms with van der Waals surface area (Å²) in [6, 6.07) is 17.1. The van der Waals surface area contributed by atoms with Crippen LogP contribution in [0.25, 0.3) is 0 Å². The maximum absolute atomic E-state index is 11.9. The Bertz CT molecular complexity index is 775. The predicted octanol–water partition coefficient (Wildman–Crippen LogP) is 3.88. The lowest BCUT2D eigenvalue weighted by molar-refractivity contribution is 0.181. The highest BCUT2D eigenvalue weighted by atomic mass is 16.6. The molecule has 2 heterocycles. The first-order valence-electron chi connectivity index (χ1n) is 9.52. The smallest absolute Gasteiger partial charge is 0.414 e. The molecule has 1 fully saturated rings. The van der Waals surface area contributed by atoms with E-state index in [1.165, 1.54) is 16.7 Å². The Balaban J connectivity index is 1.42. The Kier molecular flexibility index (Phi) is 4.93. The van der Waals surface area contributed by atoms with Gasteiger partial charge in [0.15, 0.2) is 0 Å². The fourth-order valence-electron chi connectivity index (χ4n) is 4.19. The normalized spacial score (nSPS) is 18.5. The van der Waals surface area contributed by atoms with Crippen LogP contribution in [0.15, 0.2) is 48.5 Å². The van der Waals surface area contributed by atoms with Crippen molar-refractivity contribution in [3.8, 4) is 0 Å². The van der Waals surface area contributed by atoms with E-state index < -0.39 is 0 Å².